The number of nitrogens with one attached hydrogen (secondary N) is 1. The molecular weight excluding hydrogens is 358 g/mol. The third-order valence-electron chi connectivity index (χ3n) is 3.78. The number of halogens is 1. The summed E-state index contributed by atoms with van der Waals surface area (Å²) in [6.07, 6.45) is 1.35. The summed E-state index contributed by atoms with van der Waals surface area (Å²) in [6, 6.07) is 9.45. The molecule has 0 unspecified atom stereocenters. The summed E-state index contributed by atoms with van der Waals surface area (Å²) in [4.78, 5) is 0. The van der Waals surface area contributed by atoms with E-state index in [0.717, 1.165) is 39.5 Å². The van der Waals surface area contributed by atoms with Crippen LogP contribution in [0.2, 0.25) is 5.02 Å². The first-order valence-corrected chi connectivity index (χ1v) is 8.59. The van der Waals surface area contributed by atoms with Crippen LogP contribution in [-0.4, -0.2) is 10.8 Å². The highest BCUT2D eigenvalue weighted by molar-refractivity contribution is 7.80. The number of nitrogens with two attached hydrogens (primary N) is 1. The number of rotatable bonds is 5. The van der Waals surface area contributed by atoms with Crippen LogP contribution < -0.4 is 11.2 Å². The monoisotopic (exact) mass is 375 g/mol. The Morgan fingerprint density at radius 1 is 1.28 bits per heavy atom. The molecule has 25 heavy (non-hydrogen) atoms. The maximum atomic E-state index is 6.17. The van der Waals surface area contributed by atoms with Crippen molar-refractivity contribution in [2.24, 2.45) is 10.8 Å². The van der Waals surface area contributed by atoms with Crippen molar-refractivity contribution in [1.29, 1.82) is 0 Å². The Morgan fingerprint density at radius 2 is 2.08 bits per heavy atom. The van der Waals surface area contributed by atoms with Crippen LogP contribution in [0, 0.1) is 6.92 Å². The zero-order valence-electron chi connectivity index (χ0n) is 13.9. The van der Waals surface area contributed by atoms with Gasteiger partial charge in [0.25, 0.3) is 0 Å². The molecule has 0 aliphatic carbocycles. The molecule has 0 saturated heterocycles. The van der Waals surface area contributed by atoms with Gasteiger partial charge in [0, 0.05) is 22.5 Å². The molecule has 0 aliphatic rings. The third-order valence-corrected chi connectivity index (χ3v) is 4.11. The Kier molecular flexibility index (Phi) is 5.11. The predicted molar refractivity (Wildman–Crippen MR) is 105 cm³/mol. The lowest BCUT2D eigenvalue weighted by Gasteiger charge is -2.02. The molecule has 130 valence electrons. The summed E-state index contributed by atoms with van der Waals surface area (Å²) >= 11 is 10.9. The topological polar surface area (TPSA) is 76.7 Å². The molecule has 2 aromatic heterocycles. The summed E-state index contributed by atoms with van der Waals surface area (Å²) in [5.41, 5.74) is 10.6. The van der Waals surface area contributed by atoms with Crippen molar-refractivity contribution in [2.75, 3.05) is 0 Å². The van der Waals surface area contributed by atoms with E-state index in [0.29, 0.717) is 17.9 Å². The first kappa shape index (κ1) is 17.5. The number of hydrazone groups is 1. The quantitative estimate of drug-likeness (QED) is 0.380. The highest BCUT2D eigenvalue weighted by atomic mass is 35.5. The molecule has 3 aromatic rings. The standard InChI is InChI=1S/C18H18ClN3O2S/c1-10(21-22-18(20)25)3-6-16-17(15-7-4-11(2)23-15)13-9-12(19)5-8-14(13)24-16/h4-5,7-9H,3,6H2,1-2H3,(H3,20,22,25). The molecule has 0 aliphatic heterocycles. The first-order chi connectivity index (χ1) is 11.9. The van der Waals surface area contributed by atoms with Crippen LogP contribution in [0.25, 0.3) is 22.3 Å². The van der Waals surface area contributed by atoms with Gasteiger partial charge in [0.15, 0.2) is 5.11 Å². The fourth-order valence-corrected chi connectivity index (χ4v) is 2.85. The number of furan rings is 2. The number of aryl methyl sites for hydroxylation is 2. The Balaban J connectivity index is 1.97. The smallest absolute Gasteiger partial charge is 0.184 e. The number of hydrogen-bond acceptors (Lipinski definition) is 4. The van der Waals surface area contributed by atoms with E-state index in [1.807, 2.05) is 44.2 Å². The van der Waals surface area contributed by atoms with Gasteiger partial charge in [-0.15, -0.1) is 0 Å². The van der Waals surface area contributed by atoms with Crippen molar-refractivity contribution >= 4 is 45.6 Å². The van der Waals surface area contributed by atoms with E-state index in [-0.39, 0.29) is 5.11 Å². The Labute approximate surface area is 155 Å². The number of nitrogens with zero attached hydrogens (tertiary/aromatic N) is 1. The molecule has 0 amide bonds. The van der Waals surface area contributed by atoms with Gasteiger partial charge in [-0.25, -0.2) is 0 Å². The highest BCUT2D eigenvalue weighted by Crippen LogP contribution is 2.37. The van der Waals surface area contributed by atoms with E-state index in [9.17, 15) is 0 Å². The summed E-state index contributed by atoms with van der Waals surface area (Å²) in [5.74, 6) is 2.44. The minimum absolute atomic E-state index is 0.143. The molecule has 0 spiro atoms. The largest absolute Gasteiger partial charge is 0.461 e. The van der Waals surface area contributed by atoms with Gasteiger partial charge in [0.1, 0.15) is 22.9 Å². The van der Waals surface area contributed by atoms with Gasteiger partial charge in [-0.1, -0.05) is 11.6 Å². The van der Waals surface area contributed by atoms with Crippen LogP contribution >= 0.6 is 23.8 Å². The van der Waals surface area contributed by atoms with Crippen LogP contribution in [0.4, 0.5) is 0 Å². The van der Waals surface area contributed by atoms with Crippen molar-refractivity contribution in [1.82, 2.24) is 5.43 Å². The van der Waals surface area contributed by atoms with Gasteiger partial charge >= 0.3 is 0 Å². The zero-order chi connectivity index (χ0) is 18.0. The summed E-state index contributed by atoms with van der Waals surface area (Å²) < 4.78 is 11.9. The van der Waals surface area contributed by atoms with Crippen LogP contribution in [0.5, 0.6) is 0 Å². The fourth-order valence-electron chi connectivity index (χ4n) is 2.64. The van der Waals surface area contributed by atoms with Gasteiger partial charge in [0.2, 0.25) is 0 Å². The third kappa shape index (κ3) is 4.03. The van der Waals surface area contributed by atoms with Gasteiger partial charge in [-0.2, -0.15) is 5.10 Å². The van der Waals surface area contributed by atoms with Crippen LogP contribution in [0.1, 0.15) is 24.9 Å². The number of thiocarbonyl (C=S) groups is 1. The second-order valence-corrected chi connectivity index (χ2v) is 6.65. The van der Waals surface area contributed by atoms with E-state index in [1.165, 1.54) is 0 Å². The molecular formula is C18H18ClN3O2S. The maximum Gasteiger partial charge on any atom is 0.184 e. The number of benzene rings is 1. The van der Waals surface area contributed by atoms with E-state index in [2.05, 4.69) is 10.5 Å². The fraction of sp³-hybridized carbons (Fsp3) is 0.222. The predicted octanol–water partition coefficient (Wildman–Crippen LogP) is 4.80. The lowest BCUT2D eigenvalue weighted by molar-refractivity contribution is 0.532. The molecule has 0 bridgehead atoms. The summed E-state index contributed by atoms with van der Waals surface area (Å²) in [6.45, 7) is 3.82. The second-order valence-electron chi connectivity index (χ2n) is 5.77. The van der Waals surface area contributed by atoms with Crippen molar-refractivity contribution in [3.05, 3.63) is 46.9 Å². The maximum absolute atomic E-state index is 6.17. The van der Waals surface area contributed by atoms with Gasteiger partial charge < -0.3 is 14.6 Å². The summed E-state index contributed by atoms with van der Waals surface area (Å²) in [5, 5.41) is 5.86. The Bertz CT molecular complexity index is 959. The lowest BCUT2D eigenvalue weighted by Crippen LogP contribution is -2.25. The van der Waals surface area contributed by atoms with E-state index in [4.69, 9.17) is 38.4 Å². The Hall–Kier alpha value is -2.31. The van der Waals surface area contributed by atoms with Crippen molar-refractivity contribution in [3.8, 4) is 11.3 Å². The van der Waals surface area contributed by atoms with Gasteiger partial charge in [0.05, 0.1) is 5.56 Å². The molecule has 2 heterocycles. The van der Waals surface area contributed by atoms with Crippen LogP contribution in [0.15, 0.2) is 44.3 Å². The van der Waals surface area contributed by atoms with E-state index < -0.39 is 0 Å². The molecule has 0 fully saturated rings. The normalized spacial score (nSPS) is 11.9. The molecule has 0 saturated carbocycles. The average Bonchev–Trinajstić information content (AvgIpc) is 3.13. The zero-order valence-corrected chi connectivity index (χ0v) is 15.5. The van der Waals surface area contributed by atoms with Gasteiger partial charge in [-0.3, -0.25) is 5.43 Å². The van der Waals surface area contributed by atoms with Gasteiger partial charge in [-0.05, 0) is 62.8 Å². The molecule has 1 aromatic carbocycles. The van der Waals surface area contributed by atoms with Crippen molar-refractivity contribution < 1.29 is 8.83 Å². The van der Waals surface area contributed by atoms with Crippen LogP contribution in [0.3, 0.4) is 0 Å². The SMILES string of the molecule is CC(CCc1oc2ccc(Cl)cc2c1-c1ccc(C)o1)=NNC(N)=S. The molecule has 0 atom stereocenters. The first-order valence-electron chi connectivity index (χ1n) is 7.80. The molecule has 3 rings (SSSR count). The molecule has 0 radical (unpaired) electrons. The molecule has 3 N–H and O–H groups in total. The van der Waals surface area contributed by atoms with Crippen LogP contribution in [-0.2, 0) is 6.42 Å². The molecule has 7 heteroatoms. The highest BCUT2D eigenvalue weighted by Gasteiger charge is 2.19. The average molecular weight is 376 g/mol. The molecule has 5 nitrogen and oxygen atoms in total. The minimum Gasteiger partial charge on any atom is -0.461 e. The van der Waals surface area contributed by atoms with Crippen molar-refractivity contribution in [2.45, 2.75) is 26.7 Å². The van der Waals surface area contributed by atoms with Crippen molar-refractivity contribution in [3.63, 3.8) is 0 Å². The number of fused-ring (bicyclic) bond motifs is 1. The van der Waals surface area contributed by atoms with E-state index in [1.54, 1.807) is 0 Å². The Morgan fingerprint density at radius 3 is 2.76 bits per heavy atom. The lowest BCUT2D eigenvalue weighted by atomic mass is 10.0. The minimum atomic E-state index is 0.143. The summed E-state index contributed by atoms with van der Waals surface area (Å²) in [7, 11) is 0. The second kappa shape index (κ2) is 7.29. The number of hydrogen-bond donors (Lipinski definition) is 2. The van der Waals surface area contributed by atoms with E-state index >= 15 is 0 Å².